The van der Waals surface area contributed by atoms with E-state index in [2.05, 4.69) is 0 Å². The van der Waals surface area contributed by atoms with Crippen LogP contribution in [0, 0.1) is 0 Å². The summed E-state index contributed by atoms with van der Waals surface area (Å²) in [6.45, 7) is 7.23. The van der Waals surface area contributed by atoms with Gasteiger partial charge in [0.25, 0.3) is 0 Å². The van der Waals surface area contributed by atoms with Crippen molar-refractivity contribution in [2.45, 2.75) is 46.3 Å². The molecule has 0 atom stereocenters. The summed E-state index contributed by atoms with van der Waals surface area (Å²) in [5, 5.41) is 8.60. The lowest BCUT2D eigenvalue weighted by Gasteiger charge is -2.19. The van der Waals surface area contributed by atoms with Gasteiger partial charge in [0.2, 0.25) is 0 Å². The zero-order valence-corrected chi connectivity index (χ0v) is 10.7. The van der Waals surface area contributed by atoms with Crippen molar-refractivity contribution >= 4 is 7.60 Å². The maximum Gasteiger partial charge on any atom is 0.354 e. The first kappa shape index (κ1) is 14.8. The molecule has 1 N–H and O–H groups in total. The summed E-state index contributed by atoms with van der Waals surface area (Å²) in [7, 11) is -3.15. The van der Waals surface area contributed by atoms with E-state index in [-0.39, 0.29) is 18.8 Å². The summed E-state index contributed by atoms with van der Waals surface area (Å²) in [6, 6.07) is 0. The normalized spacial score (nSPS) is 13.3. The lowest BCUT2D eigenvalue weighted by molar-refractivity contribution is 0.149. The van der Waals surface area contributed by atoms with Crippen LogP contribution in [-0.4, -0.2) is 23.9 Å². The predicted octanol–water partition coefficient (Wildman–Crippen LogP) is 2.93. The van der Waals surface area contributed by atoms with Crippen molar-refractivity contribution in [2.24, 2.45) is 0 Å². The molecule has 0 rings (SSSR count). The Morgan fingerprint density at radius 1 is 1.20 bits per heavy atom. The molecule has 0 unspecified atom stereocenters. The first-order chi connectivity index (χ1) is 6.89. The summed E-state index contributed by atoms with van der Waals surface area (Å²) in [4.78, 5) is 0. The smallest absolute Gasteiger partial charge is 0.354 e. The molecule has 4 nitrogen and oxygen atoms in total. The molecule has 0 amide bonds. The standard InChI is InChI=1S/C10H21O4P/c1-9(2)13-15(12,14-10(3)4)8-6-5-7-11/h6,8-11H,5,7H2,1-4H3. The summed E-state index contributed by atoms with van der Waals surface area (Å²) in [5.41, 5.74) is 0. The van der Waals surface area contributed by atoms with Crippen LogP contribution in [-0.2, 0) is 13.6 Å². The predicted molar refractivity (Wildman–Crippen MR) is 60.9 cm³/mol. The molecule has 0 heterocycles. The average molecular weight is 236 g/mol. The first-order valence-corrected chi connectivity index (χ1v) is 6.76. The van der Waals surface area contributed by atoms with Gasteiger partial charge in [-0.3, -0.25) is 4.57 Å². The minimum absolute atomic E-state index is 0.0276. The molecule has 0 aliphatic rings. The largest absolute Gasteiger partial charge is 0.396 e. The molecule has 0 fully saturated rings. The van der Waals surface area contributed by atoms with Crippen LogP contribution in [0.5, 0.6) is 0 Å². The van der Waals surface area contributed by atoms with Gasteiger partial charge >= 0.3 is 7.60 Å². The van der Waals surface area contributed by atoms with Gasteiger partial charge in [-0.05, 0) is 34.1 Å². The fourth-order valence-electron chi connectivity index (χ4n) is 0.961. The maximum atomic E-state index is 12.1. The van der Waals surface area contributed by atoms with Crippen LogP contribution in [0.3, 0.4) is 0 Å². The van der Waals surface area contributed by atoms with Crippen molar-refractivity contribution in [2.75, 3.05) is 6.61 Å². The van der Waals surface area contributed by atoms with Gasteiger partial charge in [0, 0.05) is 12.4 Å². The average Bonchev–Trinajstić information content (AvgIpc) is 2.00. The van der Waals surface area contributed by atoms with Crippen molar-refractivity contribution in [1.29, 1.82) is 0 Å². The number of hydrogen-bond donors (Lipinski definition) is 1. The van der Waals surface area contributed by atoms with Crippen LogP contribution in [0.2, 0.25) is 0 Å². The number of rotatable bonds is 7. The van der Waals surface area contributed by atoms with E-state index in [0.717, 1.165) is 0 Å². The third kappa shape index (κ3) is 7.74. The van der Waals surface area contributed by atoms with Crippen LogP contribution < -0.4 is 0 Å². The molecule has 0 aliphatic heterocycles. The second kappa shape index (κ2) is 7.18. The minimum atomic E-state index is -3.15. The van der Waals surface area contributed by atoms with E-state index < -0.39 is 7.60 Å². The highest BCUT2D eigenvalue weighted by Crippen LogP contribution is 2.51. The zero-order valence-electron chi connectivity index (χ0n) is 9.84. The van der Waals surface area contributed by atoms with Crippen LogP contribution in [0.15, 0.2) is 11.9 Å². The highest BCUT2D eigenvalue weighted by atomic mass is 31.2. The quantitative estimate of drug-likeness (QED) is 0.690. The molecule has 0 spiro atoms. The number of hydrogen-bond acceptors (Lipinski definition) is 4. The van der Waals surface area contributed by atoms with Gasteiger partial charge in [0.15, 0.2) is 0 Å². The zero-order chi connectivity index (χ0) is 11.9. The van der Waals surface area contributed by atoms with Gasteiger partial charge in [-0.2, -0.15) is 0 Å². The minimum Gasteiger partial charge on any atom is -0.396 e. The first-order valence-electron chi connectivity index (χ1n) is 5.14. The fraction of sp³-hybridized carbons (Fsp3) is 0.800. The molecule has 90 valence electrons. The molecule has 0 aromatic carbocycles. The molecule has 0 radical (unpaired) electrons. The van der Waals surface area contributed by atoms with Crippen LogP contribution >= 0.6 is 7.60 Å². The Morgan fingerprint density at radius 3 is 2.00 bits per heavy atom. The van der Waals surface area contributed by atoms with E-state index in [1.165, 1.54) is 5.82 Å². The molecule has 0 saturated carbocycles. The van der Waals surface area contributed by atoms with Crippen molar-refractivity contribution in [3.05, 3.63) is 11.9 Å². The Labute approximate surface area is 91.8 Å². The van der Waals surface area contributed by atoms with Crippen LogP contribution in [0.4, 0.5) is 0 Å². The molecular weight excluding hydrogens is 215 g/mol. The SMILES string of the molecule is CC(C)OP(=O)(C=CCCO)OC(C)C. The highest BCUT2D eigenvalue weighted by molar-refractivity contribution is 7.57. The van der Waals surface area contributed by atoms with Crippen molar-refractivity contribution in [1.82, 2.24) is 0 Å². The maximum absolute atomic E-state index is 12.1. The molecule has 0 aromatic rings. The number of aliphatic hydroxyl groups is 1. The molecule has 0 aromatic heterocycles. The fourth-order valence-corrected chi connectivity index (χ4v) is 2.73. The van der Waals surface area contributed by atoms with Gasteiger partial charge < -0.3 is 14.2 Å². The Kier molecular flexibility index (Phi) is 7.11. The Morgan fingerprint density at radius 2 is 1.67 bits per heavy atom. The van der Waals surface area contributed by atoms with Crippen LogP contribution in [0.1, 0.15) is 34.1 Å². The topological polar surface area (TPSA) is 55.8 Å². The second-order valence-electron chi connectivity index (χ2n) is 3.75. The van der Waals surface area contributed by atoms with Gasteiger partial charge in [-0.25, -0.2) is 0 Å². The van der Waals surface area contributed by atoms with Gasteiger partial charge in [0.05, 0.1) is 12.2 Å². The lowest BCUT2D eigenvalue weighted by atomic mass is 10.5. The third-order valence-corrected chi connectivity index (χ3v) is 3.31. The molecule has 0 aliphatic carbocycles. The van der Waals surface area contributed by atoms with Crippen molar-refractivity contribution < 1.29 is 18.7 Å². The molecule has 5 heteroatoms. The number of aliphatic hydroxyl groups excluding tert-OH is 1. The molecule has 0 bridgehead atoms. The molecule has 15 heavy (non-hydrogen) atoms. The Hall–Kier alpha value is -0.150. The van der Waals surface area contributed by atoms with E-state index in [0.29, 0.717) is 6.42 Å². The van der Waals surface area contributed by atoms with E-state index in [4.69, 9.17) is 14.2 Å². The summed E-state index contributed by atoms with van der Waals surface area (Å²) in [6.07, 6.45) is 1.75. The van der Waals surface area contributed by atoms with Gasteiger partial charge in [0.1, 0.15) is 0 Å². The van der Waals surface area contributed by atoms with Crippen LogP contribution in [0.25, 0.3) is 0 Å². The highest BCUT2D eigenvalue weighted by Gasteiger charge is 2.23. The summed E-state index contributed by atoms with van der Waals surface area (Å²) >= 11 is 0. The summed E-state index contributed by atoms with van der Waals surface area (Å²) < 4.78 is 22.6. The molecular formula is C10H21O4P. The van der Waals surface area contributed by atoms with E-state index in [9.17, 15) is 4.57 Å². The van der Waals surface area contributed by atoms with Crippen molar-refractivity contribution in [3.8, 4) is 0 Å². The van der Waals surface area contributed by atoms with Gasteiger partial charge in [-0.15, -0.1) is 0 Å². The van der Waals surface area contributed by atoms with Gasteiger partial charge in [-0.1, -0.05) is 6.08 Å². The summed E-state index contributed by atoms with van der Waals surface area (Å²) in [5.74, 6) is 1.42. The van der Waals surface area contributed by atoms with E-state index in [1.54, 1.807) is 33.8 Å². The monoisotopic (exact) mass is 236 g/mol. The second-order valence-corrected chi connectivity index (χ2v) is 5.54. The Bertz CT molecular complexity index is 222. The lowest BCUT2D eigenvalue weighted by Crippen LogP contribution is -2.06. The van der Waals surface area contributed by atoms with E-state index in [1.807, 2.05) is 0 Å². The van der Waals surface area contributed by atoms with E-state index >= 15 is 0 Å². The van der Waals surface area contributed by atoms with Crippen molar-refractivity contribution in [3.63, 3.8) is 0 Å². The molecule has 0 saturated heterocycles. The third-order valence-electron chi connectivity index (χ3n) is 1.30. The Balaban J connectivity index is 4.47.